The summed E-state index contributed by atoms with van der Waals surface area (Å²) in [5.74, 6) is -0.209. The quantitative estimate of drug-likeness (QED) is 0.631. The van der Waals surface area contributed by atoms with Crippen molar-refractivity contribution < 1.29 is 9.72 Å². The topological polar surface area (TPSA) is 98.3 Å². The van der Waals surface area contributed by atoms with E-state index in [4.69, 9.17) is 5.73 Å². The average molecular weight is 251 g/mol. The minimum Gasteiger partial charge on any atom is -0.326 e. The van der Waals surface area contributed by atoms with E-state index in [0.717, 1.165) is 0 Å². The van der Waals surface area contributed by atoms with Crippen LogP contribution in [0.5, 0.6) is 0 Å². The van der Waals surface area contributed by atoms with E-state index in [1.54, 1.807) is 20.8 Å². The highest BCUT2D eigenvalue weighted by Gasteiger charge is 2.17. The van der Waals surface area contributed by atoms with E-state index in [9.17, 15) is 14.9 Å². The fourth-order valence-electron chi connectivity index (χ4n) is 1.51. The number of carbonyl (C=O) groups excluding carboxylic acids is 1. The maximum Gasteiger partial charge on any atom is 0.269 e. The second-order valence-electron chi connectivity index (χ2n) is 4.97. The maximum absolute atomic E-state index is 11.7. The molecule has 0 heterocycles. The van der Waals surface area contributed by atoms with Gasteiger partial charge >= 0.3 is 0 Å². The number of aryl methyl sites for hydroxylation is 1. The summed E-state index contributed by atoms with van der Waals surface area (Å²) < 4.78 is 0. The van der Waals surface area contributed by atoms with E-state index >= 15 is 0 Å². The Morgan fingerprint density at radius 1 is 1.50 bits per heavy atom. The van der Waals surface area contributed by atoms with Crippen LogP contribution in [-0.4, -0.2) is 16.4 Å². The molecule has 1 aromatic carbocycles. The maximum atomic E-state index is 11.7. The number of carbonyl (C=O) groups is 1. The van der Waals surface area contributed by atoms with Crippen LogP contribution in [0, 0.1) is 17.0 Å². The van der Waals surface area contributed by atoms with Crippen molar-refractivity contribution in [1.82, 2.24) is 0 Å². The number of nitrogens with one attached hydrogen (secondary N) is 1. The summed E-state index contributed by atoms with van der Waals surface area (Å²) in [6.07, 6.45) is 0.184. The van der Waals surface area contributed by atoms with Crippen molar-refractivity contribution in [2.24, 2.45) is 5.73 Å². The summed E-state index contributed by atoms with van der Waals surface area (Å²) >= 11 is 0. The highest BCUT2D eigenvalue weighted by atomic mass is 16.6. The number of benzene rings is 1. The standard InChI is InChI=1S/C12H17N3O3/c1-8-6-9(15(17)18)4-5-10(8)14-11(16)7-12(2,3)13/h4-6H,7,13H2,1-3H3,(H,14,16). The number of hydrogen-bond acceptors (Lipinski definition) is 4. The van der Waals surface area contributed by atoms with Crippen LogP contribution in [0.3, 0.4) is 0 Å². The van der Waals surface area contributed by atoms with Gasteiger partial charge in [-0.3, -0.25) is 14.9 Å². The summed E-state index contributed by atoms with van der Waals surface area (Å²) in [7, 11) is 0. The predicted octanol–water partition coefficient (Wildman–Crippen LogP) is 1.97. The zero-order valence-electron chi connectivity index (χ0n) is 10.7. The lowest BCUT2D eigenvalue weighted by Crippen LogP contribution is -2.36. The van der Waals surface area contributed by atoms with E-state index in [2.05, 4.69) is 5.32 Å². The number of rotatable bonds is 4. The highest BCUT2D eigenvalue weighted by Crippen LogP contribution is 2.21. The lowest BCUT2D eigenvalue weighted by atomic mass is 10.0. The zero-order valence-corrected chi connectivity index (χ0v) is 10.7. The molecule has 1 rings (SSSR count). The SMILES string of the molecule is Cc1cc([N+](=O)[O-])ccc1NC(=O)CC(C)(C)N. The Morgan fingerprint density at radius 2 is 2.11 bits per heavy atom. The molecule has 0 spiro atoms. The first-order valence-corrected chi connectivity index (χ1v) is 5.53. The first-order valence-electron chi connectivity index (χ1n) is 5.53. The van der Waals surface area contributed by atoms with Gasteiger partial charge in [-0.1, -0.05) is 0 Å². The molecule has 1 amide bonds. The molecule has 0 aliphatic carbocycles. The molecule has 6 nitrogen and oxygen atoms in total. The molecule has 0 radical (unpaired) electrons. The van der Waals surface area contributed by atoms with Crippen molar-refractivity contribution in [3.8, 4) is 0 Å². The van der Waals surface area contributed by atoms with Crippen LogP contribution in [0.1, 0.15) is 25.8 Å². The number of hydrogen-bond donors (Lipinski definition) is 2. The third-order valence-corrected chi connectivity index (χ3v) is 2.31. The summed E-state index contributed by atoms with van der Waals surface area (Å²) in [6.45, 7) is 5.22. The number of nitrogens with zero attached hydrogens (tertiary/aromatic N) is 1. The van der Waals surface area contributed by atoms with Crippen LogP contribution in [-0.2, 0) is 4.79 Å². The molecule has 98 valence electrons. The largest absolute Gasteiger partial charge is 0.326 e. The molecule has 0 saturated carbocycles. The molecular formula is C12H17N3O3. The number of nitro groups is 1. The molecule has 0 aliphatic rings. The number of nitrogens with two attached hydrogens (primary N) is 1. The van der Waals surface area contributed by atoms with Crippen molar-refractivity contribution in [2.45, 2.75) is 32.7 Å². The Kier molecular flexibility index (Phi) is 4.03. The first kappa shape index (κ1) is 14.1. The van der Waals surface area contributed by atoms with E-state index in [1.807, 2.05) is 0 Å². The fourth-order valence-corrected chi connectivity index (χ4v) is 1.51. The number of nitro benzene ring substituents is 1. The van der Waals surface area contributed by atoms with Crippen molar-refractivity contribution in [3.63, 3.8) is 0 Å². The lowest BCUT2D eigenvalue weighted by molar-refractivity contribution is -0.384. The summed E-state index contributed by atoms with van der Waals surface area (Å²) in [5.41, 5.74) is 6.37. The van der Waals surface area contributed by atoms with Gasteiger partial charge in [0, 0.05) is 29.8 Å². The molecule has 0 unspecified atom stereocenters. The fraction of sp³-hybridized carbons (Fsp3) is 0.417. The van der Waals surface area contributed by atoms with Crippen molar-refractivity contribution in [3.05, 3.63) is 33.9 Å². The Bertz CT molecular complexity index is 478. The van der Waals surface area contributed by atoms with Gasteiger partial charge in [0.2, 0.25) is 5.91 Å². The molecule has 0 aromatic heterocycles. The van der Waals surface area contributed by atoms with E-state index in [-0.39, 0.29) is 18.0 Å². The number of anilines is 1. The van der Waals surface area contributed by atoms with Gasteiger partial charge in [-0.2, -0.15) is 0 Å². The Labute approximate surface area is 105 Å². The molecule has 18 heavy (non-hydrogen) atoms. The van der Waals surface area contributed by atoms with Gasteiger partial charge in [-0.05, 0) is 32.4 Å². The van der Waals surface area contributed by atoms with E-state index in [0.29, 0.717) is 11.3 Å². The van der Waals surface area contributed by atoms with Gasteiger partial charge in [0.1, 0.15) is 0 Å². The minimum absolute atomic E-state index is 0.00431. The van der Waals surface area contributed by atoms with Crippen LogP contribution in [0.15, 0.2) is 18.2 Å². The van der Waals surface area contributed by atoms with Gasteiger partial charge in [-0.25, -0.2) is 0 Å². The monoisotopic (exact) mass is 251 g/mol. The van der Waals surface area contributed by atoms with Crippen LogP contribution in [0.2, 0.25) is 0 Å². The Hall–Kier alpha value is -1.95. The number of amides is 1. The molecule has 3 N–H and O–H groups in total. The second-order valence-corrected chi connectivity index (χ2v) is 4.97. The molecule has 0 fully saturated rings. The van der Waals surface area contributed by atoms with Gasteiger partial charge < -0.3 is 11.1 Å². The molecule has 6 heteroatoms. The van der Waals surface area contributed by atoms with Crippen molar-refractivity contribution in [1.29, 1.82) is 0 Å². The second kappa shape index (κ2) is 5.14. The zero-order chi connectivity index (χ0) is 13.9. The van der Waals surface area contributed by atoms with Crippen molar-refractivity contribution in [2.75, 3.05) is 5.32 Å². The van der Waals surface area contributed by atoms with Crippen molar-refractivity contribution >= 4 is 17.3 Å². The third kappa shape index (κ3) is 4.14. The van der Waals surface area contributed by atoms with E-state index < -0.39 is 10.5 Å². The Balaban J connectivity index is 2.80. The Morgan fingerprint density at radius 3 is 2.56 bits per heavy atom. The molecule has 0 aliphatic heterocycles. The highest BCUT2D eigenvalue weighted by molar-refractivity contribution is 5.92. The van der Waals surface area contributed by atoms with Crippen LogP contribution >= 0.6 is 0 Å². The summed E-state index contributed by atoms with van der Waals surface area (Å²) in [4.78, 5) is 21.8. The predicted molar refractivity (Wildman–Crippen MR) is 69.3 cm³/mol. The smallest absolute Gasteiger partial charge is 0.269 e. The van der Waals surface area contributed by atoms with Gasteiger partial charge in [0.05, 0.1) is 4.92 Å². The van der Waals surface area contributed by atoms with E-state index in [1.165, 1.54) is 18.2 Å². The summed E-state index contributed by atoms with van der Waals surface area (Å²) in [5, 5.41) is 13.3. The molecule has 1 aromatic rings. The minimum atomic E-state index is -0.585. The molecule has 0 atom stereocenters. The van der Waals surface area contributed by atoms with Gasteiger partial charge in [0.15, 0.2) is 0 Å². The first-order chi connectivity index (χ1) is 8.19. The average Bonchev–Trinajstić information content (AvgIpc) is 2.17. The van der Waals surface area contributed by atoms with Crippen LogP contribution in [0.25, 0.3) is 0 Å². The van der Waals surface area contributed by atoms with Crippen LogP contribution < -0.4 is 11.1 Å². The van der Waals surface area contributed by atoms with Gasteiger partial charge in [0.25, 0.3) is 5.69 Å². The molecule has 0 saturated heterocycles. The van der Waals surface area contributed by atoms with Crippen LogP contribution in [0.4, 0.5) is 11.4 Å². The third-order valence-electron chi connectivity index (χ3n) is 2.31. The molecular weight excluding hydrogens is 234 g/mol. The normalized spacial score (nSPS) is 11.1. The lowest BCUT2D eigenvalue weighted by Gasteiger charge is -2.18. The number of non-ortho nitro benzene ring substituents is 1. The van der Waals surface area contributed by atoms with Gasteiger partial charge in [-0.15, -0.1) is 0 Å². The molecule has 0 bridgehead atoms. The summed E-state index contributed by atoms with van der Waals surface area (Å²) in [6, 6.07) is 4.30.